The second-order valence-corrected chi connectivity index (χ2v) is 7.90. The van der Waals surface area contributed by atoms with Crippen LogP contribution in [0.1, 0.15) is 11.1 Å². The molecule has 3 aromatic rings. The predicted molar refractivity (Wildman–Crippen MR) is 134 cm³/mol. The number of hydrogen-bond donors (Lipinski definition) is 2. The zero-order chi connectivity index (χ0) is 24.1. The highest BCUT2D eigenvalue weighted by molar-refractivity contribution is 7.80. The summed E-state index contributed by atoms with van der Waals surface area (Å²) in [6.45, 7) is 1.71. The third-order valence-corrected chi connectivity index (χ3v) is 5.36. The number of aryl methyl sites for hydroxylation is 1. The molecule has 0 bridgehead atoms. The summed E-state index contributed by atoms with van der Waals surface area (Å²) >= 11 is 5.20. The van der Waals surface area contributed by atoms with Gasteiger partial charge in [-0.3, -0.25) is 24.6 Å². The molecule has 7 nitrogen and oxygen atoms in total. The van der Waals surface area contributed by atoms with Gasteiger partial charge in [0.2, 0.25) is 0 Å². The van der Waals surface area contributed by atoms with Gasteiger partial charge in [0.15, 0.2) is 11.7 Å². The van der Waals surface area contributed by atoms with Crippen LogP contribution in [0.15, 0.2) is 84.4 Å². The van der Waals surface area contributed by atoms with E-state index < -0.39 is 11.8 Å². The Morgan fingerprint density at radius 1 is 1.03 bits per heavy atom. The van der Waals surface area contributed by atoms with Gasteiger partial charge in [-0.1, -0.05) is 48.5 Å². The molecule has 0 radical (unpaired) electrons. The number of anilines is 2. The average Bonchev–Trinajstić information content (AvgIpc) is 2.83. The Balaban J connectivity index is 1.48. The summed E-state index contributed by atoms with van der Waals surface area (Å²) in [5.41, 5.74) is 2.73. The van der Waals surface area contributed by atoms with Crippen molar-refractivity contribution in [2.45, 2.75) is 6.92 Å². The van der Waals surface area contributed by atoms with Crippen LogP contribution in [0.2, 0.25) is 0 Å². The van der Waals surface area contributed by atoms with E-state index in [1.54, 1.807) is 48.5 Å². The van der Waals surface area contributed by atoms with E-state index >= 15 is 0 Å². The van der Waals surface area contributed by atoms with E-state index in [-0.39, 0.29) is 23.2 Å². The van der Waals surface area contributed by atoms with E-state index in [9.17, 15) is 14.4 Å². The van der Waals surface area contributed by atoms with Gasteiger partial charge in [-0.2, -0.15) is 0 Å². The van der Waals surface area contributed by atoms with Crippen LogP contribution < -0.4 is 20.3 Å². The highest BCUT2D eigenvalue weighted by atomic mass is 32.1. The first-order chi connectivity index (χ1) is 16.4. The molecule has 170 valence electrons. The molecular weight excluding hydrogens is 450 g/mol. The molecule has 4 rings (SSSR count). The monoisotopic (exact) mass is 471 g/mol. The number of amides is 3. The second kappa shape index (κ2) is 10.1. The lowest BCUT2D eigenvalue weighted by Gasteiger charge is -2.28. The Morgan fingerprint density at radius 2 is 1.76 bits per heavy atom. The van der Waals surface area contributed by atoms with Crippen LogP contribution in [0.5, 0.6) is 5.75 Å². The van der Waals surface area contributed by atoms with E-state index in [1.165, 1.54) is 11.0 Å². The molecule has 0 aromatic heterocycles. The fraction of sp³-hybridized carbons (Fsp3) is 0.0769. The quantitative estimate of drug-likeness (QED) is 0.324. The SMILES string of the molecule is Cc1ccccc1NC(=O)COc1cccc(/C=C2/C(=O)NC(=S)N(c3ccccc3)C2=O)c1. The molecule has 3 amide bonds. The molecule has 2 N–H and O–H groups in total. The Labute approximate surface area is 202 Å². The van der Waals surface area contributed by atoms with E-state index in [4.69, 9.17) is 17.0 Å². The smallest absolute Gasteiger partial charge is 0.270 e. The van der Waals surface area contributed by atoms with Gasteiger partial charge in [0.25, 0.3) is 17.7 Å². The molecule has 0 saturated carbocycles. The van der Waals surface area contributed by atoms with Crippen molar-refractivity contribution in [3.05, 3.63) is 95.6 Å². The number of thiocarbonyl (C=S) groups is 1. The summed E-state index contributed by atoms with van der Waals surface area (Å²) in [6.07, 6.45) is 1.47. The third-order valence-electron chi connectivity index (χ3n) is 5.07. The van der Waals surface area contributed by atoms with Crippen LogP contribution in [0.25, 0.3) is 6.08 Å². The van der Waals surface area contributed by atoms with Crippen molar-refractivity contribution >= 4 is 52.5 Å². The van der Waals surface area contributed by atoms with Gasteiger partial charge in [0.1, 0.15) is 11.3 Å². The van der Waals surface area contributed by atoms with E-state index in [1.807, 2.05) is 37.3 Å². The van der Waals surface area contributed by atoms with Crippen molar-refractivity contribution < 1.29 is 19.1 Å². The molecule has 0 spiro atoms. The molecule has 0 aliphatic carbocycles. The number of ether oxygens (including phenoxy) is 1. The lowest BCUT2D eigenvalue weighted by Crippen LogP contribution is -2.54. The molecule has 1 aliphatic heterocycles. The fourth-order valence-corrected chi connectivity index (χ4v) is 3.66. The first-order valence-electron chi connectivity index (χ1n) is 10.5. The van der Waals surface area contributed by atoms with Gasteiger partial charge in [0.05, 0.1) is 5.69 Å². The van der Waals surface area contributed by atoms with Gasteiger partial charge in [-0.25, -0.2) is 0 Å². The van der Waals surface area contributed by atoms with Crippen molar-refractivity contribution in [2.24, 2.45) is 0 Å². The number of benzene rings is 3. The van der Waals surface area contributed by atoms with E-state index in [2.05, 4.69) is 10.6 Å². The van der Waals surface area contributed by atoms with Gasteiger partial charge in [-0.05, 0) is 66.7 Å². The Kier molecular flexibility index (Phi) is 6.79. The van der Waals surface area contributed by atoms with Crippen molar-refractivity contribution in [3.63, 3.8) is 0 Å². The lowest BCUT2D eigenvalue weighted by molar-refractivity contribution is -0.122. The number of para-hydroxylation sites is 2. The van der Waals surface area contributed by atoms with Gasteiger partial charge in [0, 0.05) is 5.69 Å². The van der Waals surface area contributed by atoms with Crippen molar-refractivity contribution in [3.8, 4) is 5.75 Å². The summed E-state index contributed by atoms with van der Waals surface area (Å²) in [7, 11) is 0. The predicted octanol–water partition coefficient (Wildman–Crippen LogP) is 3.84. The van der Waals surface area contributed by atoms with Gasteiger partial charge < -0.3 is 10.1 Å². The molecule has 1 heterocycles. The normalized spacial score (nSPS) is 14.7. The molecule has 3 aromatic carbocycles. The topological polar surface area (TPSA) is 87.7 Å². The first-order valence-corrected chi connectivity index (χ1v) is 10.9. The second-order valence-electron chi connectivity index (χ2n) is 7.52. The summed E-state index contributed by atoms with van der Waals surface area (Å²) in [5, 5.41) is 5.39. The molecule has 1 aliphatic rings. The minimum Gasteiger partial charge on any atom is -0.484 e. The lowest BCUT2D eigenvalue weighted by atomic mass is 10.1. The summed E-state index contributed by atoms with van der Waals surface area (Å²) in [6, 6.07) is 23.1. The summed E-state index contributed by atoms with van der Waals surface area (Å²) < 4.78 is 5.61. The van der Waals surface area contributed by atoms with Crippen molar-refractivity contribution in [1.29, 1.82) is 0 Å². The van der Waals surface area contributed by atoms with E-state index in [0.29, 0.717) is 17.0 Å². The van der Waals surface area contributed by atoms with Crippen molar-refractivity contribution in [1.82, 2.24) is 5.32 Å². The number of carbonyl (C=O) groups is 3. The highest BCUT2D eigenvalue weighted by Crippen LogP contribution is 2.23. The maximum Gasteiger partial charge on any atom is 0.270 e. The van der Waals surface area contributed by atoms with Gasteiger partial charge >= 0.3 is 0 Å². The largest absolute Gasteiger partial charge is 0.484 e. The van der Waals surface area contributed by atoms with E-state index in [0.717, 1.165) is 11.3 Å². The minimum absolute atomic E-state index is 0.0232. The zero-order valence-electron chi connectivity index (χ0n) is 18.3. The third kappa shape index (κ3) is 5.19. The number of carbonyl (C=O) groups excluding carboxylic acids is 3. The molecule has 1 fully saturated rings. The standard InChI is InChI=1S/C26H21N3O4S/c1-17-8-5-6-13-22(17)27-23(30)16-33-20-12-7-9-18(14-20)15-21-24(31)28-26(34)29(25(21)32)19-10-3-2-4-11-19/h2-15H,16H2,1H3,(H,27,30)(H,28,31,34)/b21-15-. The van der Waals surface area contributed by atoms with Crippen LogP contribution in [0.3, 0.4) is 0 Å². The van der Waals surface area contributed by atoms with Crippen LogP contribution in [0.4, 0.5) is 11.4 Å². The maximum absolute atomic E-state index is 13.1. The fourth-order valence-electron chi connectivity index (χ4n) is 3.38. The molecule has 8 heteroatoms. The Bertz CT molecular complexity index is 1300. The summed E-state index contributed by atoms with van der Waals surface area (Å²) in [4.78, 5) is 39.1. The molecular formula is C26H21N3O4S. The van der Waals surface area contributed by atoms with Gasteiger partial charge in [-0.15, -0.1) is 0 Å². The number of rotatable bonds is 6. The average molecular weight is 472 g/mol. The molecule has 1 saturated heterocycles. The number of nitrogens with zero attached hydrogens (tertiary/aromatic N) is 1. The summed E-state index contributed by atoms with van der Waals surface area (Å²) in [5.74, 6) is -0.977. The van der Waals surface area contributed by atoms with Crippen molar-refractivity contribution in [2.75, 3.05) is 16.8 Å². The van der Waals surface area contributed by atoms with Crippen LogP contribution in [-0.4, -0.2) is 29.4 Å². The van der Waals surface area contributed by atoms with Crippen LogP contribution in [-0.2, 0) is 14.4 Å². The highest BCUT2D eigenvalue weighted by Gasteiger charge is 2.34. The van der Waals surface area contributed by atoms with Crippen LogP contribution >= 0.6 is 12.2 Å². The Morgan fingerprint density at radius 3 is 2.53 bits per heavy atom. The number of hydrogen-bond acceptors (Lipinski definition) is 5. The maximum atomic E-state index is 13.1. The molecule has 34 heavy (non-hydrogen) atoms. The zero-order valence-corrected chi connectivity index (χ0v) is 19.1. The Hall–Kier alpha value is -4.30. The minimum atomic E-state index is -0.578. The van der Waals surface area contributed by atoms with Crippen LogP contribution in [0, 0.1) is 6.92 Å². The number of nitrogens with one attached hydrogen (secondary N) is 2. The first kappa shape index (κ1) is 22.9. The molecule has 0 unspecified atom stereocenters. The molecule has 0 atom stereocenters.